The van der Waals surface area contributed by atoms with Gasteiger partial charge in [0.05, 0.1) is 4.47 Å². The molecule has 0 saturated carbocycles. The minimum Gasteiger partial charge on any atom is -0.277 e. The second-order valence-corrected chi connectivity index (χ2v) is 6.17. The molecule has 3 aromatic rings. The van der Waals surface area contributed by atoms with E-state index in [0.29, 0.717) is 4.47 Å². The number of halogens is 1. The molecule has 1 aromatic heterocycles. The molecule has 0 aliphatic rings. The van der Waals surface area contributed by atoms with E-state index in [1.54, 1.807) is 0 Å². The number of hydrogen-bond acceptors (Lipinski definition) is 2. The predicted octanol–water partition coefficient (Wildman–Crippen LogP) is 5.20. The number of hydrogen-bond donors (Lipinski definition) is 0. The van der Waals surface area contributed by atoms with Crippen LogP contribution in [0.15, 0.2) is 76.0 Å². The third-order valence-corrected chi connectivity index (χ3v) is 5.05. The van der Waals surface area contributed by atoms with Crippen LogP contribution in [0.4, 0.5) is 0 Å². The average molecular weight is 343 g/mol. The Kier molecular flexibility index (Phi) is 3.81. The lowest BCUT2D eigenvalue weighted by Gasteiger charge is -2.07. The molecule has 0 saturated heterocycles. The Bertz CT molecular complexity index is 779. The van der Waals surface area contributed by atoms with Gasteiger partial charge in [0.2, 0.25) is 4.74 Å². The van der Waals surface area contributed by atoms with Gasteiger partial charge >= 0.3 is 0 Å². The highest BCUT2D eigenvalue weighted by Crippen LogP contribution is 2.32. The molecule has 0 aliphatic heterocycles. The first kappa shape index (κ1) is 13.3. The van der Waals surface area contributed by atoms with Crippen LogP contribution in [0.3, 0.4) is 0 Å². The van der Waals surface area contributed by atoms with Gasteiger partial charge in [0.25, 0.3) is 0 Å². The molecule has 0 N–H and O–H groups in total. The molecule has 2 aromatic carbocycles. The molecule has 0 radical (unpaired) electrons. The Morgan fingerprint density at radius 1 is 0.800 bits per heavy atom. The van der Waals surface area contributed by atoms with Crippen molar-refractivity contribution in [2.45, 2.75) is 0 Å². The maximum absolute atomic E-state index is 12.2. The smallest absolute Gasteiger partial charge is 0.247 e. The van der Waals surface area contributed by atoms with Crippen molar-refractivity contribution in [3.8, 4) is 21.6 Å². The third kappa shape index (κ3) is 2.60. The second kappa shape index (κ2) is 5.73. The van der Waals surface area contributed by atoms with E-state index in [0.717, 1.165) is 21.6 Å². The fourth-order valence-electron chi connectivity index (χ4n) is 2.05. The van der Waals surface area contributed by atoms with E-state index in [9.17, 15) is 4.79 Å². The molecule has 3 heteroatoms. The molecule has 3 rings (SSSR count). The van der Waals surface area contributed by atoms with Crippen molar-refractivity contribution in [3.05, 3.63) is 80.7 Å². The Hall–Kier alpha value is -1.71. The number of rotatable bonds is 2. The molecule has 20 heavy (non-hydrogen) atoms. The predicted molar refractivity (Wildman–Crippen MR) is 89.2 cm³/mol. The molecule has 0 aliphatic carbocycles. The molecular formula is C17H11BrOS. The van der Waals surface area contributed by atoms with Crippen molar-refractivity contribution < 1.29 is 0 Å². The molecule has 0 amide bonds. The summed E-state index contributed by atoms with van der Waals surface area (Å²) in [5.74, 6) is 0. The van der Waals surface area contributed by atoms with Crippen LogP contribution in [0.1, 0.15) is 0 Å². The Balaban J connectivity index is 2.22. The summed E-state index contributed by atoms with van der Waals surface area (Å²) in [6, 6.07) is 22.0. The average Bonchev–Trinajstić information content (AvgIpc) is 2.51. The second-order valence-electron chi connectivity index (χ2n) is 4.36. The Morgan fingerprint density at radius 3 is 1.95 bits per heavy atom. The van der Waals surface area contributed by atoms with Crippen molar-refractivity contribution in [1.82, 2.24) is 0 Å². The molecule has 0 spiro atoms. The van der Waals surface area contributed by atoms with Crippen LogP contribution in [-0.4, -0.2) is 0 Å². The summed E-state index contributed by atoms with van der Waals surface area (Å²) in [4.78, 5) is 13.2. The van der Waals surface area contributed by atoms with Crippen LogP contribution in [0.25, 0.3) is 21.6 Å². The summed E-state index contributed by atoms with van der Waals surface area (Å²) in [7, 11) is 0. The highest BCUT2D eigenvalue weighted by atomic mass is 79.9. The van der Waals surface area contributed by atoms with Crippen LogP contribution in [0.2, 0.25) is 0 Å². The highest BCUT2D eigenvalue weighted by Gasteiger charge is 2.10. The largest absolute Gasteiger partial charge is 0.277 e. The first-order valence-corrected chi connectivity index (χ1v) is 7.81. The van der Waals surface area contributed by atoms with Gasteiger partial charge in [-0.25, -0.2) is 0 Å². The highest BCUT2D eigenvalue weighted by molar-refractivity contribution is 9.10. The molecule has 1 heterocycles. The van der Waals surface area contributed by atoms with E-state index in [-0.39, 0.29) is 4.74 Å². The summed E-state index contributed by atoms with van der Waals surface area (Å²) in [5.41, 5.74) is 3.05. The van der Waals surface area contributed by atoms with Gasteiger partial charge in [-0.15, -0.1) is 0 Å². The van der Waals surface area contributed by atoms with Crippen LogP contribution >= 0.6 is 27.3 Å². The van der Waals surface area contributed by atoms with Crippen LogP contribution in [-0.2, 0) is 0 Å². The molecule has 1 nitrogen and oxygen atoms in total. The first-order valence-electron chi connectivity index (χ1n) is 6.20. The van der Waals surface area contributed by atoms with Crippen molar-refractivity contribution in [2.75, 3.05) is 0 Å². The molecule has 98 valence electrons. The normalized spacial score (nSPS) is 10.4. The van der Waals surface area contributed by atoms with Gasteiger partial charge in [-0.05, 0) is 33.1 Å². The van der Waals surface area contributed by atoms with Gasteiger partial charge in [0.15, 0.2) is 0 Å². The van der Waals surface area contributed by atoms with E-state index >= 15 is 0 Å². The van der Waals surface area contributed by atoms with Gasteiger partial charge in [-0.1, -0.05) is 72.0 Å². The zero-order chi connectivity index (χ0) is 13.9. The first-order chi connectivity index (χ1) is 9.75. The lowest BCUT2D eigenvalue weighted by molar-refractivity contribution is 1.59. The quantitative estimate of drug-likeness (QED) is 0.625. The summed E-state index contributed by atoms with van der Waals surface area (Å²) in [6.45, 7) is 0. The topological polar surface area (TPSA) is 17.1 Å². The van der Waals surface area contributed by atoms with Crippen molar-refractivity contribution in [3.63, 3.8) is 0 Å². The van der Waals surface area contributed by atoms with Crippen LogP contribution in [0.5, 0.6) is 0 Å². The summed E-state index contributed by atoms with van der Waals surface area (Å²) in [6.07, 6.45) is 0. The van der Waals surface area contributed by atoms with Gasteiger partial charge in [0.1, 0.15) is 0 Å². The Labute approximate surface area is 129 Å². The summed E-state index contributed by atoms with van der Waals surface area (Å²) < 4.78 is 0.679. The van der Waals surface area contributed by atoms with E-state index < -0.39 is 0 Å². The van der Waals surface area contributed by atoms with Gasteiger partial charge in [-0.3, -0.25) is 4.79 Å². The maximum atomic E-state index is 12.2. The van der Waals surface area contributed by atoms with Crippen LogP contribution in [0, 0.1) is 0 Å². The van der Waals surface area contributed by atoms with E-state index in [2.05, 4.69) is 22.0 Å². The minimum absolute atomic E-state index is 0.0465. The standard InChI is InChI=1S/C17H11BrOS/c18-16-14(12-7-3-1-4-8-12)11-15(20-17(16)19)13-9-5-2-6-10-13/h1-11H. The molecule has 0 atom stereocenters. The molecule has 0 bridgehead atoms. The van der Waals surface area contributed by atoms with Crippen molar-refractivity contribution in [2.24, 2.45) is 0 Å². The van der Waals surface area contributed by atoms with Gasteiger partial charge < -0.3 is 0 Å². The fraction of sp³-hybridized carbons (Fsp3) is 0. The summed E-state index contributed by atoms with van der Waals surface area (Å²) >= 11 is 4.68. The fourth-order valence-corrected chi connectivity index (χ4v) is 3.47. The van der Waals surface area contributed by atoms with E-state index in [4.69, 9.17) is 0 Å². The van der Waals surface area contributed by atoms with E-state index in [1.165, 1.54) is 11.3 Å². The third-order valence-electron chi connectivity index (χ3n) is 3.04. The zero-order valence-electron chi connectivity index (χ0n) is 10.5. The number of benzene rings is 2. The lowest BCUT2D eigenvalue weighted by Crippen LogP contribution is -1.98. The van der Waals surface area contributed by atoms with Crippen LogP contribution < -0.4 is 4.74 Å². The van der Waals surface area contributed by atoms with Gasteiger partial charge in [0, 0.05) is 10.4 Å². The zero-order valence-corrected chi connectivity index (χ0v) is 12.9. The lowest BCUT2D eigenvalue weighted by atomic mass is 10.1. The molecular weight excluding hydrogens is 332 g/mol. The monoisotopic (exact) mass is 342 g/mol. The Morgan fingerprint density at radius 2 is 1.35 bits per heavy atom. The van der Waals surface area contributed by atoms with Crippen molar-refractivity contribution in [1.29, 1.82) is 0 Å². The van der Waals surface area contributed by atoms with Gasteiger partial charge in [-0.2, -0.15) is 0 Å². The molecule has 0 fully saturated rings. The SMILES string of the molecule is O=c1sc(-c2ccccc2)cc(-c2ccccc2)c1Br. The summed E-state index contributed by atoms with van der Waals surface area (Å²) in [5, 5.41) is 0. The maximum Gasteiger partial charge on any atom is 0.247 e. The van der Waals surface area contributed by atoms with Crippen molar-refractivity contribution >= 4 is 27.3 Å². The molecule has 0 unspecified atom stereocenters. The van der Waals surface area contributed by atoms with E-state index in [1.807, 2.05) is 60.7 Å². The minimum atomic E-state index is 0.0465.